The van der Waals surface area contributed by atoms with Crippen molar-refractivity contribution in [2.75, 3.05) is 38.8 Å². The first-order valence-electron chi connectivity index (χ1n) is 10.9. The Balaban J connectivity index is 1.54. The molecule has 0 aliphatic carbocycles. The van der Waals surface area contributed by atoms with Gasteiger partial charge in [0, 0.05) is 24.3 Å². The molecule has 8 heteroatoms. The van der Waals surface area contributed by atoms with Gasteiger partial charge in [0.2, 0.25) is 5.88 Å². The Labute approximate surface area is 193 Å². The SMILES string of the molecule is COCCOCCN=C(N)Nc1cc(CC(C)c2cccc(C(=O)c3ccccc3)c2)no1. The summed E-state index contributed by atoms with van der Waals surface area (Å²) in [6.45, 7) is 4.04. The third-order valence-electron chi connectivity index (χ3n) is 5.03. The van der Waals surface area contributed by atoms with Gasteiger partial charge in [0.15, 0.2) is 11.7 Å². The molecule has 3 N–H and O–H groups in total. The number of nitrogens with one attached hydrogen (secondary N) is 1. The van der Waals surface area contributed by atoms with Crippen LogP contribution in [0.3, 0.4) is 0 Å². The quantitative estimate of drug-likeness (QED) is 0.187. The number of anilines is 1. The zero-order chi connectivity index (χ0) is 23.5. The summed E-state index contributed by atoms with van der Waals surface area (Å²) in [5, 5.41) is 7.01. The molecule has 1 heterocycles. The smallest absolute Gasteiger partial charge is 0.231 e. The molecule has 0 saturated carbocycles. The summed E-state index contributed by atoms with van der Waals surface area (Å²) in [4.78, 5) is 16.9. The maximum atomic E-state index is 12.8. The molecule has 0 aliphatic heterocycles. The maximum absolute atomic E-state index is 12.8. The Morgan fingerprint density at radius 1 is 1.09 bits per heavy atom. The molecule has 1 aromatic heterocycles. The van der Waals surface area contributed by atoms with E-state index in [9.17, 15) is 4.79 Å². The fraction of sp³-hybridized carbons (Fsp3) is 0.320. The van der Waals surface area contributed by atoms with Gasteiger partial charge in [-0.05, 0) is 24.0 Å². The Bertz CT molecular complexity index is 1050. The van der Waals surface area contributed by atoms with E-state index in [4.69, 9.17) is 19.7 Å². The van der Waals surface area contributed by atoms with E-state index >= 15 is 0 Å². The summed E-state index contributed by atoms with van der Waals surface area (Å²) >= 11 is 0. The molecule has 1 atom stereocenters. The predicted molar refractivity (Wildman–Crippen MR) is 128 cm³/mol. The Morgan fingerprint density at radius 2 is 1.88 bits per heavy atom. The van der Waals surface area contributed by atoms with Crippen LogP contribution in [0.15, 0.2) is 70.2 Å². The molecule has 0 amide bonds. The van der Waals surface area contributed by atoms with Crippen molar-refractivity contribution >= 4 is 17.6 Å². The van der Waals surface area contributed by atoms with Crippen molar-refractivity contribution in [3.63, 3.8) is 0 Å². The average molecular weight is 451 g/mol. The van der Waals surface area contributed by atoms with Crippen LogP contribution in [-0.2, 0) is 15.9 Å². The largest absolute Gasteiger partial charge is 0.382 e. The van der Waals surface area contributed by atoms with E-state index in [0.717, 1.165) is 11.3 Å². The number of aliphatic imine (C=N–C) groups is 1. The number of hydrogen-bond donors (Lipinski definition) is 2. The van der Waals surface area contributed by atoms with E-state index < -0.39 is 0 Å². The van der Waals surface area contributed by atoms with E-state index in [1.807, 2.05) is 54.6 Å². The lowest BCUT2D eigenvalue weighted by atomic mass is 9.93. The number of benzene rings is 2. The monoisotopic (exact) mass is 450 g/mol. The second kappa shape index (κ2) is 12.5. The molecule has 3 aromatic rings. The van der Waals surface area contributed by atoms with Crippen molar-refractivity contribution in [3.8, 4) is 0 Å². The van der Waals surface area contributed by atoms with Crippen LogP contribution in [-0.4, -0.2) is 50.4 Å². The minimum absolute atomic E-state index is 0.0106. The normalized spacial score (nSPS) is 12.5. The van der Waals surface area contributed by atoms with Crippen LogP contribution in [0.2, 0.25) is 0 Å². The van der Waals surface area contributed by atoms with Gasteiger partial charge in [-0.3, -0.25) is 15.1 Å². The van der Waals surface area contributed by atoms with Gasteiger partial charge in [0.1, 0.15) is 0 Å². The van der Waals surface area contributed by atoms with Crippen molar-refractivity contribution in [2.45, 2.75) is 19.3 Å². The number of carbonyl (C=O) groups excluding carboxylic acids is 1. The number of ketones is 1. The van der Waals surface area contributed by atoms with Crippen molar-refractivity contribution in [1.82, 2.24) is 5.16 Å². The summed E-state index contributed by atoms with van der Waals surface area (Å²) in [5.74, 6) is 0.804. The van der Waals surface area contributed by atoms with Gasteiger partial charge in [0.25, 0.3) is 0 Å². The highest BCUT2D eigenvalue weighted by Gasteiger charge is 2.14. The van der Waals surface area contributed by atoms with Crippen molar-refractivity contribution < 1.29 is 18.8 Å². The number of methoxy groups -OCH3 is 1. The van der Waals surface area contributed by atoms with E-state index in [2.05, 4.69) is 22.4 Å². The number of ether oxygens (including phenoxy) is 2. The lowest BCUT2D eigenvalue weighted by Gasteiger charge is -2.11. The van der Waals surface area contributed by atoms with Gasteiger partial charge in [-0.2, -0.15) is 0 Å². The highest BCUT2D eigenvalue weighted by molar-refractivity contribution is 6.09. The first-order chi connectivity index (χ1) is 16.1. The zero-order valence-electron chi connectivity index (χ0n) is 19.0. The third kappa shape index (κ3) is 7.55. The maximum Gasteiger partial charge on any atom is 0.231 e. The molecule has 0 radical (unpaired) electrons. The van der Waals surface area contributed by atoms with Crippen molar-refractivity contribution in [1.29, 1.82) is 0 Å². The van der Waals surface area contributed by atoms with Gasteiger partial charge in [-0.15, -0.1) is 0 Å². The van der Waals surface area contributed by atoms with Crippen LogP contribution < -0.4 is 11.1 Å². The predicted octanol–water partition coefficient (Wildman–Crippen LogP) is 3.64. The molecular weight excluding hydrogens is 420 g/mol. The first-order valence-corrected chi connectivity index (χ1v) is 10.9. The molecule has 33 heavy (non-hydrogen) atoms. The molecule has 3 rings (SSSR count). The Hall–Kier alpha value is -3.49. The molecule has 2 aromatic carbocycles. The fourth-order valence-electron chi connectivity index (χ4n) is 3.28. The second-order valence-corrected chi connectivity index (χ2v) is 7.61. The molecule has 0 fully saturated rings. The molecule has 1 unspecified atom stereocenters. The standard InChI is InChI=1S/C25H30N4O4/c1-18(20-9-6-10-21(16-20)24(30)19-7-4-3-5-8-19)15-22-17-23(33-29-22)28-25(26)27-11-12-32-14-13-31-2/h3-10,16-18H,11-15H2,1-2H3,(H3,26,27,28). The van der Waals surface area contributed by atoms with Gasteiger partial charge in [-0.1, -0.05) is 60.6 Å². The molecule has 174 valence electrons. The molecule has 0 spiro atoms. The number of rotatable bonds is 12. The molecular formula is C25H30N4O4. The topological polar surface area (TPSA) is 112 Å². The summed E-state index contributed by atoms with van der Waals surface area (Å²) in [7, 11) is 1.62. The van der Waals surface area contributed by atoms with Gasteiger partial charge in [-0.25, -0.2) is 0 Å². The fourth-order valence-corrected chi connectivity index (χ4v) is 3.28. The number of nitrogens with two attached hydrogens (primary N) is 1. The second-order valence-electron chi connectivity index (χ2n) is 7.61. The van der Waals surface area contributed by atoms with Crippen LogP contribution in [0, 0.1) is 0 Å². The highest BCUT2D eigenvalue weighted by atomic mass is 16.5. The molecule has 0 bridgehead atoms. The lowest BCUT2D eigenvalue weighted by Crippen LogP contribution is -2.23. The molecule has 0 aliphatic rings. The highest BCUT2D eigenvalue weighted by Crippen LogP contribution is 2.23. The van der Waals surface area contributed by atoms with E-state index in [-0.39, 0.29) is 17.7 Å². The minimum atomic E-state index is 0.0106. The summed E-state index contributed by atoms with van der Waals surface area (Å²) < 4.78 is 15.6. The van der Waals surface area contributed by atoms with Crippen LogP contribution in [0.1, 0.15) is 40.0 Å². The lowest BCUT2D eigenvalue weighted by molar-refractivity contribution is 0.0748. The molecule has 0 saturated heterocycles. The van der Waals surface area contributed by atoms with Crippen molar-refractivity contribution in [3.05, 3.63) is 83.0 Å². The Kier molecular flexibility index (Phi) is 9.17. The number of aromatic nitrogens is 1. The minimum Gasteiger partial charge on any atom is -0.382 e. The average Bonchev–Trinajstić information content (AvgIpc) is 3.27. The van der Waals surface area contributed by atoms with Crippen LogP contribution in [0.5, 0.6) is 0 Å². The Morgan fingerprint density at radius 3 is 2.67 bits per heavy atom. The number of guanidine groups is 1. The van der Waals surface area contributed by atoms with E-state index in [0.29, 0.717) is 49.8 Å². The van der Waals surface area contributed by atoms with Crippen LogP contribution in [0.25, 0.3) is 0 Å². The first kappa shape index (κ1) is 24.2. The number of hydrogen-bond acceptors (Lipinski definition) is 6. The van der Waals surface area contributed by atoms with Gasteiger partial charge >= 0.3 is 0 Å². The summed E-state index contributed by atoms with van der Waals surface area (Å²) in [6, 6.07) is 18.8. The zero-order valence-corrected chi connectivity index (χ0v) is 19.0. The van der Waals surface area contributed by atoms with Crippen molar-refractivity contribution in [2.24, 2.45) is 10.7 Å². The van der Waals surface area contributed by atoms with Gasteiger partial charge in [0.05, 0.1) is 32.1 Å². The molecule has 8 nitrogen and oxygen atoms in total. The summed E-state index contributed by atoms with van der Waals surface area (Å²) in [6.07, 6.45) is 0.651. The third-order valence-corrected chi connectivity index (χ3v) is 5.03. The van der Waals surface area contributed by atoms with Crippen LogP contribution >= 0.6 is 0 Å². The van der Waals surface area contributed by atoms with Gasteiger partial charge < -0.3 is 19.7 Å². The van der Waals surface area contributed by atoms with Crippen LogP contribution in [0.4, 0.5) is 5.88 Å². The summed E-state index contributed by atoms with van der Waals surface area (Å²) in [5.41, 5.74) is 9.06. The number of carbonyl (C=O) groups is 1. The number of nitrogens with zero attached hydrogens (tertiary/aromatic N) is 2. The van der Waals surface area contributed by atoms with E-state index in [1.165, 1.54) is 0 Å². The van der Waals surface area contributed by atoms with E-state index in [1.54, 1.807) is 13.2 Å².